The van der Waals surface area contributed by atoms with Crippen LogP contribution in [0.4, 0.5) is 34.6 Å². The molecule has 0 radical (unpaired) electrons. The van der Waals surface area contributed by atoms with Crippen LogP contribution in [-0.4, -0.2) is 19.9 Å². The molecule has 0 saturated heterocycles. The zero-order valence-electron chi connectivity index (χ0n) is 30.1. The zero-order valence-corrected chi connectivity index (χ0v) is 30.1. The van der Waals surface area contributed by atoms with Crippen molar-refractivity contribution < 1.29 is 0 Å². The minimum absolute atomic E-state index is 0.348. The SMILES string of the molecule is CCC(C)c1cccc(N(c2cccc(N(c3cccc(C(C)CC)n3)c3cccc(C(C)CC)n3)c2)c2cccc(C(C)CC)n2)n1. The van der Waals surface area contributed by atoms with Crippen molar-refractivity contribution in [2.24, 2.45) is 0 Å². The van der Waals surface area contributed by atoms with E-state index in [0.29, 0.717) is 23.7 Å². The molecule has 0 aliphatic rings. The van der Waals surface area contributed by atoms with Gasteiger partial charge in [0.15, 0.2) is 0 Å². The summed E-state index contributed by atoms with van der Waals surface area (Å²) >= 11 is 0. The molecule has 0 N–H and O–H groups in total. The third kappa shape index (κ3) is 7.75. The average molecular weight is 641 g/mol. The molecule has 5 aromatic rings. The summed E-state index contributed by atoms with van der Waals surface area (Å²) in [4.78, 5) is 25.2. The molecule has 4 heterocycles. The number of pyridine rings is 4. The minimum Gasteiger partial charge on any atom is -0.279 e. The number of anilines is 6. The van der Waals surface area contributed by atoms with Crippen molar-refractivity contribution >= 4 is 34.6 Å². The summed E-state index contributed by atoms with van der Waals surface area (Å²) in [5, 5.41) is 0. The largest absolute Gasteiger partial charge is 0.279 e. The molecular weight excluding hydrogens is 589 g/mol. The Morgan fingerprint density at radius 3 is 0.896 bits per heavy atom. The predicted octanol–water partition coefficient (Wildman–Crippen LogP) is 12.3. The van der Waals surface area contributed by atoms with Gasteiger partial charge in [0.2, 0.25) is 0 Å². The predicted molar refractivity (Wildman–Crippen MR) is 202 cm³/mol. The second-order valence-electron chi connectivity index (χ2n) is 13.1. The van der Waals surface area contributed by atoms with E-state index < -0.39 is 0 Å². The molecule has 0 amide bonds. The molecular formula is C42H52N6. The van der Waals surface area contributed by atoms with Crippen molar-refractivity contribution in [3.05, 3.63) is 120 Å². The Bertz CT molecular complexity index is 1550. The molecule has 1 aromatic carbocycles. The van der Waals surface area contributed by atoms with Gasteiger partial charge < -0.3 is 0 Å². The van der Waals surface area contributed by atoms with E-state index in [9.17, 15) is 0 Å². The van der Waals surface area contributed by atoms with E-state index in [-0.39, 0.29) is 0 Å². The smallest absolute Gasteiger partial charge is 0.139 e. The first-order valence-electron chi connectivity index (χ1n) is 17.9. The van der Waals surface area contributed by atoms with Crippen LogP contribution in [-0.2, 0) is 0 Å². The lowest BCUT2D eigenvalue weighted by Gasteiger charge is -2.28. The molecule has 48 heavy (non-hydrogen) atoms. The van der Waals surface area contributed by atoms with Gasteiger partial charge in [-0.2, -0.15) is 0 Å². The summed E-state index contributed by atoms with van der Waals surface area (Å²) in [5.41, 5.74) is 6.24. The van der Waals surface area contributed by atoms with Crippen LogP contribution in [0.25, 0.3) is 0 Å². The first kappa shape index (κ1) is 34.7. The van der Waals surface area contributed by atoms with Crippen molar-refractivity contribution in [3.8, 4) is 0 Å². The van der Waals surface area contributed by atoms with E-state index in [1.54, 1.807) is 0 Å². The van der Waals surface area contributed by atoms with E-state index in [2.05, 4.69) is 162 Å². The molecule has 5 rings (SSSR count). The highest BCUT2D eigenvalue weighted by atomic mass is 15.3. The summed E-state index contributed by atoms with van der Waals surface area (Å²) in [6, 6.07) is 33.9. The fourth-order valence-corrected chi connectivity index (χ4v) is 5.73. The highest BCUT2D eigenvalue weighted by Gasteiger charge is 2.22. The lowest BCUT2D eigenvalue weighted by molar-refractivity contribution is 0.704. The van der Waals surface area contributed by atoms with Gasteiger partial charge in [-0.25, -0.2) is 19.9 Å². The summed E-state index contributed by atoms with van der Waals surface area (Å²) in [5.74, 6) is 4.78. The van der Waals surface area contributed by atoms with E-state index in [1.807, 2.05) is 0 Å². The maximum absolute atomic E-state index is 5.21. The van der Waals surface area contributed by atoms with Crippen LogP contribution in [0, 0.1) is 0 Å². The molecule has 0 aliphatic heterocycles. The minimum atomic E-state index is 0.348. The summed E-state index contributed by atoms with van der Waals surface area (Å²) in [7, 11) is 0. The van der Waals surface area contributed by atoms with Gasteiger partial charge in [0, 0.05) is 22.8 Å². The van der Waals surface area contributed by atoms with Crippen LogP contribution < -0.4 is 9.80 Å². The number of hydrogen-bond acceptors (Lipinski definition) is 6. The maximum atomic E-state index is 5.21. The van der Waals surface area contributed by atoms with E-state index in [1.165, 1.54) is 0 Å². The Morgan fingerprint density at radius 2 is 0.646 bits per heavy atom. The van der Waals surface area contributed by atoms with Crippen LogP contribution >= 0.6 is 0 Å². The highest BCUT2D eigenvalue weighted by molar-refractivity contribution is 5.79. The van der Waals surface area contributed by atoms with Crippen LogP contribution in [0.3, 0.4) is 0 Å². The summed E-state index contributed by atoms with van der Waals surface area (Å²) < 4.78 is 0. The Hall–Kier alpha value is -4.58. The molecule has 4 atom stereocenters. The molecule has 0 fully saturated rings. The molecule has 0 bridgehead atoms. The Labute approximate surface area is 288 Å². The molecule has 4 aromatic heterocycles. The molecule has 0 aliphatic carbocycles. The van der Waals surface area contributed by atoms with Crippen molar-refractivity contribution in [2.75, 3.05) is 9.80 Å². The average Bonchev–Trinajstić information content (AvgIpc) is 3.14. The molecule has 6 heteroatoms. The molecule has 0 spiro atoms. The topological polar surface area (TPSA) is 58.0 Å². The third-order valence-electron chi connectivity index (χ3n) is 9.76. The van der Waals surface area contributed by atoms with Crippen molar-refractivity contribution in [3.63, 3.8) is 0 Å². The first-order chi connectivity index (χ1) is 23.3. The van der Waals surface area contributed by atoms with Gasteiger partial charge >= 0.3 is 0 Å². The van der Waals surface area contributed by atoms with E-state index in [0.717, 1.165) is 83.1 Å². The van der Waals surface area contributed by atoms with E-state index >= 15 is 0 Å². The number of benzene rings is 1. The van der Waals surface area contributed by atoms with Gasteiger partial charge in [0.25, 0.3) is 0 Å². The number of aromatic nitrogens is 4. The van der Waals surface area contributed by atoms with Crippen molar-refractivity contribution in [2.45, 2.75) is 105 Å². The van der Waals surface area contributed by atoms with Gasteiger partial charge in [-0.05, 0) is 116 Å². The second-order valence-corrected chi connectivity index (χ2v) is 13.1. The van der Waals surface area contributed by atoms with Gasteiger partial charge in [0.05, 0.1) is 11.4 Å². The Morgan fingerprint density at radius 1 is 0.396 bits per heavy atom. The first-order valence-corrected chi connectivity index (χ1v) is 17.9. The molecule has 0 saturated carbocycles. The Balaban J connectivity index is 1.71. The fourth-order valence-electron chi connectivity index (χ4n) is 5.73. The zero-order chi connectivity index (χ0) is 34.2. The number of hydrogen-bond donors (Lipinski definition) is 0. The van der Waals surface area contributed by atoms with Crippen LogP contribution in [0.5, 0.6) is 0 Å². The number of nitrogens with zero attached hydrogens (tertiary/aromatic N) is 6. The van der Waals surface area contributed by atoms with Crippen LogP contribution in [0.15, 0.2) is 97.1 Å². The lowest BCUT2D eigenvalue weighted by Crippen LogP contribution is -2.17. The summed E-state index contributed by atoms with van der Waals surface area (Å²) in [6.07, 6.45) is 4.09. The number of rotatable bonds is 14. The van der Waals surface area contributed by atoms with Gasteiger partial charge in [-0.3, -0.25) is 9.80 Å². The normalized spacial score (nSPS) is 13.8. The molecule has 250 valence electrons. The monoisotopic (exact) mass is 640 g/mol. The molecule has 4 unspecified atom stereocenters. The second kappa shape index (κ2) is 16.0. The highest BCUT2D eigenvalue weighted by Crippen LogP contribution is 2.40. The van der Waals surface area contributed by atoms with Gasteiger partial charge in [-0.15, -0.1) is 0 Å². The fraction of sp³-hybridized carbons (Fsp3) is 0.381. The quantitative estimate of drug-likeness (QED) is 0.120. The van der Waals surface area contributed by atoms with E-state index in [4.69, 9.17) is 19.9 Å². The summed E-state index contributed by atoms with van der Waals surface area (Å²) in [6.45, 7) is 17.8. The molecule has 6 nitrogen and oxygen atoms in total. The van der Waals surface area contributed by atoms with Crippen molar-refractivity contribution in [1.82, 2.24) is 19.9 Å². The van der Waals surface area contributed by atoms with Crippen LogP contribution in [0.1, 0.15) is 128 Å². The Kier molecular flexibility index (Phi) is 11.6. The van der Waals surface area contributed by atoms with Gasteiger partial charge in [0.1, 0.15) is 23.3 Å². The lowest BCUT2D eigenvalue weighted by atomic mass is 10.0. The maximum Gasteiger partial charge on any atom is 0.139 e. The van der Waals surface area contributed by atoms with Gasteiger partial charge in [-0.1, -0.05) is 85.7 Å². The van der Waals surface area contributed by atoms with Crippen molar-refractivity contribution in [1.29, 1.82) is 0 Å². The van der Waals surface area contributed by atoms with Crippen LogP contribution in [0.2, 0.25) is 0 Å². The standard InChI is InChI=1S/C42H52N6/c1-9-29(5)35-20-14-24-39(43-35)47(40-25-15-21-36(44-40)30(6)10-2)33-18-13-19-34(28-33)48(41-26-16-22-37(45-41)31(7)11-3)42-27-17-23-38(46-42)32(8)12-4/h13-32H,9-12H2,1-8H3. The third-order valence-corrected chi connectivity index (χ3v) is 9.76.